The third-order valence-corrected chi connectivity index (χ3v) is 1.70. The molecule has 1 aromatic carbocycles. The summed E-state index contributed by atoms with van der Waals surface area (Å²) in [6.07, 6.45) is 0. The third-order valence-electron chi connectivity index (χ3n) is 1.70. The molecule has 0 N–H and O–H groups in total. The van der Waals surface area contributed by atoms with Crippen LogP contribution in [-0.2, 0) is 0 Å². The predicted octanol–water partition coefficient (Wildman–Crippen LogP) is 2.37. The van der Waals surface area contributed by atoms with Crippen molar-refractivity contribution in [2.24, 2.45) is 0 Å². The number of hydrogen-bond donors (Lipinski definition) is 0. The number of nitriles is 2. The Labute approximate surface area is 82.0 Å². The number of nitrogens with zero attached hydrogens (tertiary/aromatic N) is 2. The molecule has 0 aliphatic rings. The Kier molecular flexibility index (Phi) is 2.91. The molecule has 1 aromatic rings. The summed E-state index contributed by atoms with van der Waals surface area (Å²) in [5.41, 5.74) is -0.809. The maximum absolute atomic E-state index is 13.0. The van der Waals surface area contributed by atoms with Gasteiger partial charge in [0.25, 0.3) is 0 Å². The van der Waals surface area contributed by atoms with Gasteiger partial charge in [-0.25, -0.2) is 17.6 Å². The van der Waals surface area contributed by atoms with Crippen LogP contribution in [-0.4, -0.2) is 0 Å². The highest BCUT2D eigenvalue weighted by Gasteiger charge is 2.23. The molecule has 0 aromatic heterocycles. The summed E-state index contributed by atoms with van der Waals surface area (Å²) in [6, 6.07) is 2.95. The average Bonchev–Trinajstić information content (AvgIpc) is 2.24. The maximum Gasteiger partial charge on any atom is 0.197 e. The van der Waals surface area contributed by atoms with Gasteiger partial charge in [-0.15, -0.1) is 0 Å². The van der Waals surface area contributed by atoms with E-state index in [1.807, 2.05) is 0 Å². The summed E-state index contributed by atoms with van der Waals surface area (Å²) < 4.78 is 50.8. The van der Waals surface area contributed by atoms with Crippen molar-refractivity contribution in [3.63, 3.8) is 0 Å². The molecular formula is C9H2F4N2. The summed E-state index contributed by atoms with van der Waals surface area (Å²) in [5.74, 6) is -9.03. The Balaban J connectivity index is 3.47. The first-order valence-corrected chi connectivity index (χ1v) is 3.65. The summed E-state index contributed by atoms with van der Waals surface area (Å²) in [5, 5.41) is 16.8. The molecule has 0 bridgehead atoms. The molecule has 0 radical (unpaired) electrons. The van der Waals surface area contributed by atoms with Crippen LogP contribution < -0.4 is 0 Å². The Morgan fingerprint density at radius 1 is 0.933 bits per heavy atom. The van der Waals surface area contributed by atoms with Crippen molar-refractivity contribution < 1.29 is 17.6 Å². The minimum Gasteiger partial charge on any atom is -0.204 e. The van der Waals surface area contributed by atoms with E-state index in [1.165, 1.54) is 12.1 Å². The van der Waals surface area contributed by atoms with Gasteiger partial charge in [-0.3, -0.25) is 0 Å². The highest BCUT2D eigenvalue weighted by atomic mass is 19.2. The van der Waals surface area contributed by atoms with E-state index in [9.17, 15) is 17.6 Å². The van der Waals surface area contributed by atoms with Crippen LogP contribution in [0, 0.1) is 45.9 Å². The van der Waals surface area contributed by atoms with Gasteiger partial charge in [-0.1, -0.05) is 0 Å². The Morgan fingerprint density at radius 2 is 1.47 bits per heavy atom. The fraction of sp³-hybridized carbons (Fsp3) is 0.111. The number of benzene rings is 1. The quantitative estimate of drug-likeness (QED) is 0.409. The minimum absolute atomic E-state index is 0.296. The molecule has 1 rings (SSSR count). The SMILES string of the molecule is N#CC(C#N)c1cc(F)c(F)c(F)c1F. The second-order valence-corrected chi connectivity index (χ2v) is 2.58. The van der Waals surface area contributed by atoms with Crippen molar-refractivity contribution in [2.45, 2.75) is 5.92 Å². The summed E-state index contributed by atoms with van der Waals surface area (Å²) in [6.45, 7) is 0. The lowest BCUT2D eigenvalue weighted by Crippen LogP contribution is -2.04. The summed E-state index contributed by atoms with van der Waals surface area (Å²) in [7, 11) is 0. The largest absolute Gasteiger partial charge is 0.204 e. The summed E-state index contributed by atoms with van der Waals surface area (Å²) >= 11 is 0. The molecule has 0 unspecified atom stereocenters. The molecule has 0 amide bonds. The minimum atomic E-state index is -2.03. The second-order valence-electron chi connectivity index (χ2n) is 2.58. The van der Waals surface area contributed by atoms with Crippen molar-refractivity contribution in [1.82, 2.24) is 0 Å². The zero-order chi connectivity index (χ0) is 11.6. The molecule has 0 heterocycles. The van der Waals surface area contributed by atoms with E-state index in [-0.39, 0.29) is 0 Å². The fourth-order valence-electron chi connectivity index (χ4n) is 0.969. The predicted molar refractivity (Wildman–Crippen MR) is 40.2 cm³/mol. The zero-order valence-electron chi connectivity index (χ0n) is 7.06. The van der Waals surface area contributed by atoms with E-state index in [1.54, 1.807) is 0 Å². The van der Waals surface area contributed by atoms with E-state index in [4.69, 9.17) is 10.5 Å². The molecule has 0 fully saturated rings. The van der Waals surface area contributed by atoms with Crippen LogP contribution in [0.1, 0.15) is 11.5 Å². The molecule has 0 saturated heterocycles. The van der Waals surface area contributed by atoms with Crippen molar-refractivity contribution >= 4 is 0 Å². The standard InChI is InChI=1S/C9H2F4N2/c10-6-1-5(4(2-14)3-15)7(11)9(13)8(6)12/h1,4H. The molecule has 6 heteroatoms. The van der Waals surface area contributed by atoms with Gasteiger partial charge in [0.1, 0.15) is 0 Å². The number of hydrogen-bond acceptors (Lipinski definition) is 2. The Morgan fingerprint density at radius 3 is 1.93 bits per heavy atom. The van der Waals surface area contributed by atoms with Crippen molar-refractivity contribution in [1.29, 1.82) is 10.5 Å². The van der Waals surface area contributed by atoms with Gasteiger partial charge in [-0.2, -0.15) is 10.5 Å². The van der Waals surface area contributed by atoms with Crippen molar-refractivity contribution in [3.8, 4) is 12.1 Å². The molecule has 76 valence electrons. The van der Waals surface area contributed by atoms with Crippen LogP contribution in [0.4, 0.5) is 17.6 Å². The monoisotopic (exact) mass is 214 g/mol. The first-order valence-electron chi connectivity index (χ1n) is 3.65. The van der Waals surface area contributed by atoms with E-state index < -0.39 is 34.8 Å². The molecule has 0 aliphatic carbocycles. The average molecular weight is 214 g/mol. The molecule has 0 spiro atoms. The van der Waals surface area contributed by atoms with Gasteiger partial charge >= 0.3 is 0 Å². The topological polar surface area (TPSA) is 47.6 Å². The maximum atomic E-state index is 13.0. The van der Waals surface area contributed by atoms with Crippen LogP contribution in [0.25, 0.3) is 0 Å². The Hall–Kier alpha value is -2.08. The lowest BCUT2D eigenvalue weighted by Gasteiger charge is -2.04. The van der Waals surface area contributed by atoms with Gasteiger partial charge in [0, 0.05) is 5.56 Å². The highest BCUT2D eigenvalue weighted by molar-refractivity contribution is 5.33. The van der Waals surface area contributed by atoms with E-state index in [0.717, 1.165) is 0 Å². The van der Waals surface area contributed by atoms with E-state index >= 15 is 0 Å². The first kappa shape index (κ1) is 11.0. The molecule has 0 atom stereocenters. The van der Waals surface area contributed by atoms with Crippen molar-refractivity contribution in [2.75, 3.05) is 0 Å². The van der Waals surface area contributed by atoms with Crippen LogP contribution in [0.15, 0.2) is 6.07 Å². The first-order chi connectivity index (χ1) is 7.02. The van der Waals surface area contributed by atoms with Gasteiger partial charge in [-0.05, 0) is 6.07 Å². The molecule has 15 heavy (non-hydrogen) atoms. The van der Waals surface area contributed by atoms with Gasteiger partial charge < -0.3 is 0 Å². The smallest absolute Gasteiger partial charge is 0.197 e. The molecule has 0 aliphatic heterocycles. The third kappa shape index (κ3) is 1.75. The van der Waals surface area contributed by atoms with Crippen LogP contribution in [0.3, 0.4) is 0 Å². The molecule has 0 saturated carbocycles. The molecular weight excluding hydrogens is 212 g/mol. The van der Waals surface area contributed by atoms with Crippen LogP contribution >= 0.6 is 0 Å². The number of halogens is 4. The van der Waals surface area contributed by atoms with Crippen molar-refractivity contribution in [3.05, 3.63) is 34.9 Å². The normalized spacial score (nSPS) is 9.80. The lowest BCUT2D eigenvalue weighted by atomic mass is 10.0. The second kappa shape index (κ2) is 3.97. The van der Waals surface area contributed by atoms with Crippen LogP contribution in [0.5, 0.6) is 0 Å². The van der Waals surface area contributed by atoms with E-state index in [2.05, 4.69) is 0 Å². The lowest BCUT2D eigenvalue weighted by molar-refractivity contribution is 0.404. The zero-order valence-corrected chi connectivity index (χ0v) is 7.06. The van der Waals surface area contributed by atoms with E-state index in [0.29, 0.717) is 6.07 Å². The Bertz CT molecular complexity index is 470. The molecule has 2 nitrogen and oxygen atoms in total. The van der Waals surface area contributed by atoms with Crippen LogP contribution in [0.2, 0.25) is 0 Å². The highest BCUT2D eigenvalue weighted by Crippen LogP contribution is 2.24. The van der Waals surface area contributed by atoms with Gasteiger partial charge in [0.15, 0.2) is 29.2 Å². The number of rotatable bonds is 1. The summed E-state index contributed by atoms with van der Waals surface area (Å²) in [4.78, 5) is 0. The van der Waals surface area contributed by atoms with Gasteiger partial charge in [0.05, 0.1) is 12.1 Å². The fourth-order valence-corrected chi connectivity index (χ4v) is 0.969. The van der Waals surface area contributed by atoms with Gasteiger partial charge in [0.2, 0.25) is 0 Å².